The van der Waals surface area contributed by atoms with Crippen LogP contribution in [0.5, 0.6) is 0 Å². The minimum Gasteiger partial charge on any atom is -0.445 e. The van der Waals surface area contributed by atoms with Gasteiger partial charge in [-0.15, -0.1) is 0 Å². The second-order valence-electron chi connectivity index (χ2n) is 15.6. The number of hydrogen-bond acceptors (Lipinski definition) is 6. The Morgan fingerprint density at radius 1 is 1.07 bits per heavy atom. The number of hydrogen-bond donors (Lipinski definition) is 0. The number of likely N-dealkylation sites (tertiary alicyclic amines) is 1. The predicted octanol–water partition coefficient (Wildman–Crippen LogP) is 7.11. The summed E-state index contributed by atoms with van der Waals surface area (Å²) in [6.45, 7) is 10.4. The molecule has 8 heteroatoms. The third-order valence-electron chi connectivity index (χ3n) is 13.3. The second kappa shape index (κ2) is 11.1. The van der Waals surface area contributed by atoms with Crippen LogP contribution in [0.4, 0.5) is 4.79 Å². The van der Waals surface area contributed by atoms with E-state index in [1.807, 2.05) is 35.2 Å². The number of nitrogens with zero attached hydrogens (tertiary/aromatic N) is 1. The lowest BCUT2D eigenvalue weighted by Gasteiger charge is -2.54. The van der Waals surface area contributed by atoms with Crippen LogP contribution >= 0.6 is 0 Å². The Morgan fingerprint density at radius 3 is 2.59 bits per heavy atom. The first-order chi connectivity index (χ1) is 20.9. The van der Waals surface area contributed by atoms with Gasteiger partial charge in [-0.3, -0.25) is 4.18 Å². The third kappa shape index (κ3) is 5.06. The van der Waals surface area contributed by atoms with Crippen LogP contribution in [0.3, 0.4) is 0 Å². The molecule has 11 atom stereocenters. The number of benzene rings is 1. The van der Waals surface area contributed by atoms with Crippen molar-refractivity contribution >= 4 is 16.2 Å². The highest BCUT2D eigenvalue weighted by atomic mass is 32.2. The lowest BCUT2D eigenvalue weighted by atomic mass is 9.52. The average Bonchev–Trinajstić information content (AvgIpc) is 3.50. The number of ether oxygens (including phenoxy) is 2. The van der Waals surface area contributed by atoms with Gasteiger partial charge in [0.05, 0.1) is 30.1 Å². The van der Waals surface area contributed by atoms with E-state index in [0.717, 1.165) is 50.5 Å². The van der Waals surface area contributed by atoms with Crippen molar-refractivity contribution in [2.45, 2.75) is 116 Å². The summed E-state index contributed by atoms with van der Waals surface area (Å²) in [6, 6.07) is 9.95. The molecule has 2 aliphatic heterocycles. The SMILES string of the molecule is CC1=C2C[C@H]3C(CC[C@@H]4C[C@@H](OS(C)(=O)=O)CCC43C)[C@@H]2CCC12O[C@@H]1CC(C)CN(C(=O)OCc3ccccc3)C1[C@H]2C. The third-order valence-corrected chi connectivity index (χ3v) is 13.9. The maximum absolute atomic E-state index is 13.6. The fourth-order valence-electron chi connectivity index (χ4n) is 11.2. The van der Waals surface area contributed by atoms with Gasteiger partial charge in [-0.05, 0) is 111 Å². The van der Waals surface area contributed by atoms with Crippen molar-refractivity contribution in [2.75, 3.05) is 12.8 Å². The van der Waals surface area contributed by atoms with E-state index in [2.05, 4.69) is 27.7 Å². The monoisotopic (exact) mass is 625 g/mol. The highest BCUT2D eigenvalue weighted by Crippen LogP contribution is 2.66. The van der Waals surface area contributed by atoms with Gasteiger partial charge in [0.25, 0.3) is 10.1 Å². The van der Waals surface area contributed by atoms with Gasteiger partial charge in [0, 0.05) is 12.5 Å². The molecule has 3 saturated carbocycles. The van der Waals surface area contributed by atoms with E-state index in [-0.39, 0.29) is 47.9 Å². The average molecular weight is 626 g/mol. The van der Waals surface area contributed by atoms with Gasteiger partial charge >= 0.3 is 6.09 Å². The molecule has 44 heavy (non-hydrogen) atoms. The number of amides is 1. The first-order valence-electron chi connectivity index (χ1n) is 17.1. The van der Waals surface area contributed by atoms with Gasteiger partial charge in [-0.2, -0.15) is 8.42 Å². The Labute approximate surface area is 264 Å². The van der Waals surface area contributed by atoms with E-state index in [4.69, 9.17) is 13.7 Å². The summed E-state index contributed by atoms with van der Waals surface area (Å²) in [5.41, 5.74) is 3.99. The molecule has 5 fully saturated rings. The zero-order valence-corrected chi connectivity index (χ0v) is 28.0. The zero-order chi connectivity index (χ0) is 31.0. The normalized spacial score (nSPS) is 43.3. The molecule has 7 nitrogen and oxygen atoms in total. The number of piperidine rings is 1. The van der Waals surface area contributed by atoms with E-state index in [1.54, 1.807) is 5.57 Å². The van der Waals surface area contributed by atoms with E-state index in [9.17, 15) is 13.2 Å². The van der Waals surface area contributed by atoms with Crippen molar-refractivity contribution in [3.63, 3.8) is 0 Å². The number of carbonyl (C=O) groups excluding carboxylic acids is 1. The summed E-state index contributed by atoms with van der Waals surface area (Å²) >= 11 is 0. The van der Waals surface area contributed by atoms with Crippen molar-refractivity contribution in [3.05, 3.63) is 47.0 Å². The lowest BCUT2D eigenvalue weighted by Crippen LogP contribution is -2.54. The maximum atomic E-state index is 13.6. The molecule has 7 rings (SSSR count). The van der Waals surface area contributed by atoms with Gasteiger partial charge < -0.3 is 14.4 Å². The molecule has 0 N–H and O–H groups in total. The van der Waals surface area contributed by atoms with Crippen molar-refractivity contribution < 1.29 is 26.9 Å². The molecular weight excluding hydrogens is 574 g/mol. The van der Waals surface area contributed by atoms with Crippen LogP contribution in [0.2, 0.25) is 0 Å². The summed E-state index contributed by atoms with van der Waals surface area (Å²) in [6.07, 6.45) is 10.2. The van der Waals surface area contributed by atoms with Gasteiger partial charge in [0.1, 0.15) is 6.61 Å². The van der Waals surface area contributed by atoms with Crippen LogP contribution < -0.4 is 0 Å². The van der Waals surface area contributed by atoms with Crippen molar-refractivity contribution in [2.24, 2.45) is 40.9 Å². The Balaban J connectivity index is 1.12. The molecule has 4 aliphatic carbocycles. The zero-order valence-electron chi connectivity index (χ0n) is 27.2. The number of allylic oxidation sites excluding steroid dienone is 1. The molecule has 5 unspecified atom stereocenters. The molecule has 1 aromatic rings. The second-order valence-corrected chi connectivity index (χ2v) is 17.2. The molecule has 0 bridgehead atoms. The molecule has 1 amide bonds. The maximum Gasteiger partial charge on any atom is 0.410 e. The molecule has 6 aliphatic rings. The summed E-state index contributed by atoms with van der Waals surface area (Å²) in [7, 11) is -3.43. The fourth-order valence-corrected chi connectivity index (χ4v) is 11.9. The largest absolute Gasteiger partial charge is 0.445 e. The van der Waals surface area contributed by atoms with Crippen molar-refractivity contribution in [1.29, 1.82) is 0 Å². The van der Waals surface area contributed by atoms with Gasteiger partial charge in [-0.25, -0.2) is 4.79 Å². The minimum atomic E-state index is -3.43. The number of carbonyl (C=O) groups is 1. The lowest BCUT2D eigenvalue weighted by molar-refractivity contribution is -0.0709. The standard InChI is InChI=1S/C36H51NO6S/c1-22-17-32-33(37(20-22)34(38)41-21-25-9-7-6-8-10-25)24(3)36(42-32)16-14-28-29-12-11-26-18-27(43-44(5,39)40)13-15-35(26,4)31(29)19-30(28)23(36)2/h6-10,22,24,26-29,31-33H,11-21H2,1-5H3/t22?,24-,26-,27+,28+,29?,31+,32-,33?,35?,36?/m1/s1. The Kier molecular flexibility index (Phi) is 7.77. The molecule has 0 radical (unpaired) electrons. The first kappa shape index (κ1) is 30.7. The van der Waals surface area contributed by atoms with Gasteiger partial charge in [0.15, 0.2) is 0 Å². The topological polar surface area (TPSA) is 82.1 Å². The van der Waals surface area contributed by atoms with Crippen molar-refractivity contribution in [1.82, 2.24) is 4.90 Å². The quantitative estimate of drug-likeness (QED) is 0.262. The molecule has 1 aromatic carbocycles. The Morgan fingerprint density at radius 2 is 1.84 bits per heavy atom. The summed E-state index contributed by atoms with van der Waals surface area (Å²) in [5.74, 6) is 3.04. The van der Waals surface area contributed by atoms with E-state index >= 15 is 0 Å². The van der Waals surface area contributed by atoms with Crippen LogP contribution in [0.15, 0.2) is 41.5 Å². The molecule has 2 saturated heterocycles. The molecule has 2 heterocycles. The molecule has 242 valence electrons. The summed E-state index contributed by atoms with van der Waals surface area (Å²) in [4.78, 5) is 15.6. The summed E-state index contributed by atoms with van der Waals surface area (Å²) in [5, 5.41) is 0. The molecule has 1 spiro atoms. The smallest absolute Gasteiger partial charge is 0.410 e. The molecule has 0 aromatic heterocycles. The fraction of sp³-hybridized carbons (Fsp3) is 0.750. The predicted molar refractivity (Wildman–Crippen MR) is 169 cm³/mol. The number of rotatable bonds is 4. The van der Waals surface area contributed by atoms with Gasteiger partial charge in [0.2, 0.25) is 0 Å². The van der Waals surface area contributed by atoms with Crippen molar-refractivity contribution in [3.8, 4) is 0 Å². The van der Waals surface area contributed by atoms with Crippen LogP contribution in [-0.4, -0.2) is 56.1 Å². The first-order valence-corrected chi connectivity index (χ1v) is 18.9. The minimum absolute atomic E-state index is 0.0253. The molecular formula is C36H51NO6S. The van der Waals surface area contributed by atoms with E-state index in [0.29, 0.717) is 36.1 Å². The van der Waals surface area contributed by atoms with Gasteiger partial charge in [-0.1, -0.05) is 56.7 Å². The Bertz CT molecular complexity index is 1410. The van der Waals surface area contributed by atoms with Crippen LogP contribution in [0.25, 0.3) is 0 Å². The van der Waals surface area contributed by atoms with Crippen LogP contribution in [0.1, 0.15) is 91.0 Å². The summed E-state index contributed by atoms with van der Waals surface area (Å²) < 4.78 is 42.3. The van der Waals surface area contributed by atoms with E-state index < -0.39 is 10.1 Å². The van der Waals surface area contributed by atoms with E-state index in [1.165, 1.54) is 24.7 Å². The highest BCUT2D eigenvalue weighted by molar-refractivity contribution is 7.86. The van der Waals surface area contributed by atoms with Crippen LogP contribution in [0, 0.1) is 40.9 Å². The Hall–Kier alpha value is -1.90. The van der Waals surface area contributed by atoms with Crippen LogP contribution in [-0.2, 0) is 30.4 Å². The number of fused-ring (bicyclic) bond motifs is 6. The highest BCUT2D eigenvalue weighted by Gasteiger charge is 2.63.